The summed E-state index contributed by atoms with van der Waals surface area (Å²) in [6.45, 7) is 3.96. The van der Waals surface area contributed by atoms with Gasteiger partial charge in [-0.3, -0.25) is 0 Å². The zero-order chi connectivity index (χ0) is 9.14. The molecule has 1 atom stereocenters. The van der Waals surface area contributed by atoms with Crippen LogP contribution in [-0.4, -0.2) is 16.8 Å². The van der Waals surface area contributed by atoms with Crippen molar-refractivity contribution in [2.45, 2.75) is 24.1 Å². The lowest BCUT2D eigenvalue weighted by atomic mass is 10.4. The molecule has 0 aliphatic heterocycles. The molecule has 1 aromatic heterocycles. The van der Waals surface area contributed by atoms with Gasteiger partial charge in [0.25, 0.3) is 0 Å². The minimum absolute atomic E-state index is 0.220. The molecule has 1 heterocycles. The molecule has 68 valence electrons. The van der Waals surface area contributed by atoms with E-state index in [4.69, 9.17) is 11.5 Å². The Kier molecular flexibility index (Phi) is 3.37. The molecule has 0 fully saturated rings. The van der Waals surface area contributed by atoms with Gasteiger partial charge in [-0.2, -0.15) is 0 Å². The fraction of sp³-hybridized carbons (Fsp3) is 0.571. The summed E-state index contributed by atoms with van der Waals surface area (Å²) in [6, 6.07) is 0.220. The molecule has 1 aromatic rings. The summed E-state index contributed by atoms with van der Waals surface area (Å²) in [5, 5.41) is 0.639. The van der Waals surface area contributed by atoms with Gasteiger partial charge in [0, 0.05) is 11.8 Å². The molecule has 0 saturated carbocycles. The Morgan fingerprint density at radius 2 is 2.33 bits per heavy atom. The van der Waals surface area contributed by atoms with E-state index in [9.17, 15) is 0 Å². The van der Waals surface area contributed by atoms with Gasteiger partial charge >= 0.3 is 0 Å². The molecule has 0 radical (unpaired) electrons. The molecule has 0 spiro atoms. The minimum Gasteiger partial charge on any atom is -0.375 e. The van der Waals surface area contributed by atoms with Gasteiger partial charge in [0.2, 0.25) is 0 Å². The number of aromatic nitrogens is 1. The van der Waals surface area contributed by atoms with Crippen LogP contribution in [0.4, 0.5) is 5.13 Å². The van der Waals surface area contributed by atoms with Crippen molar-refractivity contribution in [3.63, 3.8) is 0 Å². The highest BCUT2D eigenvalue weighted by Gasteiger charge is 2.06. The van der Waals surface area contributed by atoms with E-state index in [-0.39, 0.29) is 6.04 Å². The molecule has 12 heavy (non-hydrogen) atoms. The van der Waals surface area contributed by atoms with Gasteiger partial charge < -0.3 is 11.5 Å². The zero-order valence-electron chi connectivity index (χ0n) is 7.20. The fourth-order valence-corrected chi connectivity index (χ4v) is 2.67. The molecule has 1 unspecified atom stereocenters. The number of thioether (sulfide) groups is 1. The van der Waals surface area contributed by atoms with E-state index in [0.29, 0.717) is 5.13 Å². The Labute approximate surface area is 80.6 Å². The van der Waals surface area contributed by atoms with Gasteiger partial charge in [0.05, 0.1) is 9.90 Å². The lowest BCUT2D eigenvalue weighted by molar-refractivity contribution is 0.847. The molecule has 0 saturated heterocycles. The number of nitrogens with two attached hydrogens (primary N) is 2. The molecular weight excluding hydrogens is 190 g/mol. The summed E-state index contributed by atoms with van der Waals surface area (Å²) in [7, 11) is 0. The van der Waals surface area contributed by atoms with Crippen molar-refractivity contribution in [3.8, 4) is 0 Å². The summed E-state index contributed by atoms with van der Waals surface area (Å²) in [5.74, 6) is 0.919. The molecule has 0 aliphatic rings. The van der Waals surface area contributed by atoms with Crippen LogP contribution in [0.2, 0.25) is 0 Å². The Hall–Kier alpha value is -0.260. The lowest BCUT2D eigenvalue weighted by Gasteiger charge is -2.01. The van der Waals surface area contributed by atoms with Crippen LogP contribution >= 0.6 is 23.1 Å². The standard InChI is InChI=1S/C7H13N3S2/c1-4(8)3-11-6-5(2)10-7(9)12-6/h4H,3,8H2,1-2H3,(H2,9,10). The second-order valence-electron chi connectivity index (χ2n) is 2.71. The SMILES string of the molecule is Cc1nc(N)sc1SCC(C)N. The quantitative estimate of drug-likeness (QED) is 0.730. The van der Waals surface area contributed by atoms with Crippen molar-refractivity contribution in [2.75, 3.05) is 11.5 Å². The molecular formula is C7H13N3S2. The van der Waals surface area contributed by atoms with E-state index in [1.54, 1.807) is 11.8 Å². The lowest BCUT2D eigenvalue weighted by Crippen LogP contribution is -2.17. The summed E-state index contributed by atoms with van der Waals surface area (Å²) in [5.41, 5.74) is 12.2. The van der Waals surface area contributed by atoms with Crippen LogP contribution in [0.5, 0.6) is 0 Å². The highest BCUT2D eigenvalue weighted by Crippen LogP contribution is 2.30. The van der Waals surface area contributed by atoms with Crippen LogP contribution in [0.15, 0.2) is 4.21 Å². The molecule has 1 rings (SSSR count). The van der Waals surface area contributed by atoms with Gasteiger partial charge in [-0.25, -0.2) is 4.98 Å². The first-order chi connectivity index (χ1) is 5.59. The molecule has 5 heteroatoms. The van der Waals surface area contributed by atoms with Crippen LogP contribution in [0.25, 0.3) is 0 Å². The van der Waals surface area contributed by atoms with E-state index in [0.717, 1.165) is 11.4 Å². The third-order valence-electron chi connectivity index (χ3n) is 1.25. The Morgan fingerprint density at radius 3 is 2.75 bits per heavy atom. The number of hydrogen-bond acceptors (Lipinski definition) is 5. The number of hydrogen-bond donors (Lipinski definition) is 2. The maximum atomic E-state index is 5.63. The third-order valence-corrected chi connectivity index (χ3v) is 3.88. The number of anilines is 1. The van der Waals surface area contributed by atoms with Crippen molar-refractivity contribution in [2.24, 2.45) is 5.73 Å². The van der Waals surface area contributed by atoms with Gasteiger partial charge in [0.15, 0.2) is 5.13 Å². The van der Waals surface area contributed by atoms with Crippen molar-refractivity contribution in [1.82, 2.24) is 4.98 Å². The first kappa shape index (κ1) is 9.83. The highest BCUT2D eigenvalue weighted by atomic mass is 32.2. The predicted octanol–water partition coefficient (Wildman–Crippen LogP) is 1.47. The number of rotatable bonds is 3. The van der Waals surface area contributed by atoms with Crippen molar-refractivity contribution < 1.29 is 0 Å². The maximum Gasteiger partial charge on any atom is 0.181 e. The molecule has 0 aliphatic carbocycles. The smallest absolute Gasteiger partial charge is 0.181 e. The van der Waals surface area contributed by atoms with E-state index in [1.807, 2.05) is 13.8 Å². The van der Waals surface area contributed by atoms with Crippen LogP contribution < -0.4 is 11.5 Å². The molecule has 0 amide bonds. The molecule has 4 N–H and O–H groups in total. The maximum absolute atomic E-state index is 5.63. The van der Waals surface area contributed by atoms with Crippen LogP contribution in [0.3, 0.4) is 0 Å². The topological polar surface area (TPSA) is 64.9 Å². The van der Waals surface area contributed by atoms with E-state index in [2.05, 4.69) is 4.98 Å². The zero-order valence-corrected chi connectivity index (χ0v) is 8.84. The summed E-state index contributed by atoms with van der Waals surface area (Å²) in [6.07, 6.45) is 0. The summed E-state index contributed by atoms with van der Waals surface area (Å²) in [4.78, 5) is 4.12. The Morgan fingerprint density at radius 1 is 1.67 bits per heavy atom. The average molecular weight is 203 g/mol. The van der Waals surface area contributed by atoms with Crippen molar-refractivity contribution in [1.29, 1.82) is 0 Å². The monoisotopic (exact) mass is 203 g/mol. The van der Waals surface area contributed by atoms with Gasteiger partial charge in [-0.05, 0) is 13.8 Å². The number of nitrogens with zero attached hydrogens (tertiary/aromatic N) is 1. The second kappa shape index (κ2) is 4.11. The van der Waals surface area contributed by atoms with Crippen molar-refractivity contribution in [3.05, 3.63) is 5.69 Å². The summed E-state index contributed by atoms with van der Waals surface area (Å²) >= 11 is 3.26. The fourth-order valence-electron chi connectivity index (χ4n) is 0.744. The number of nitrogen functional groups attached to an aromatic ring is 1. The van der Waals surface area contributed by atoms with Crippen LogP contribution in [0.1, 0.15) is 12.6 Å². The second-order valence-corrected chi connectivity index (χ2v) is 5.03. The number of thiazole rings is 1. The third kappa shape index (κ3) is 2.66. The Bertz CT molecular complexity index is 257. The molecule has 0 aromatic carbocycles. The molecule has 3 nitrogen and oxygen atoms in total. The van der Waals surface area contributed by atoms with E-state index >= 15 is 0 Å². The van der Waals surface area contributed by atoms with Gasteiger partial charge in [0.1, 0.15) is 0 Å². The first-order valence-electron chi connectivity index (χ1n) is 3.71. The average Bonchev–Trinajstić information content (AvgIpc) is 2.26. The van der Waals surface area contributed by atoms with E-state index in [1.165, 1.54) is 15.5 Å². The largest absolute Gasteiger partial charge is 0.375 e. The predicted molar refractivity (Wildman–Crippen MR) is 55.6 cm³/mol. The number of aryl methyl sites for hydroxylation is 1. The molecule has 0 bridgehead atoms. The van der Waals surface area contributed by atoms with E-state index < -0.39 is 0 Å². The van der Waals surface area contributed by atoms with Gasteiger partial charge in [-0.15, -0.1) is 11.8 Å². The summed E-state index contributed by atoms with van der Waals surface area (Å²) < 4.78 is 1.19. The van der Waals surface area contributed by atoms with Crippen LogP contribution in [0, 0.1) is 6.92 Å². The Balaban J connectivity index is 2.57. The normalized spacial score (nSPS) is 13.2. The van der Waals surface area contributed by atoms with Crippen LogP contribution in [-0.2, 0) is 0 Å². The highest BCUT2D eigenvalue weighted by molar-refractivity contribution is 8.01. The minimum atomic E-state index is 0.220. The van der Waals surface area contributed by atoms with Gasteiger partial charge in [-0.1, -0.05) is 11.3 Å². The van der Waals surface area contributed by atoms with Crippen molar-refractivity contribution >= 4 is 28.2 Å². The first-order valence-corrected chi connectivity index (χ1v) is 5.51.